The van der Waals surface area contributed by atoms with Crippen LogP contribution in [0.1, 0.15) is 18.4 Å². The highest BCUT2D eigenvalue weighted by Crippen LogP contribution is 2.14. The Hall–Kier alpha value is -0.410. The zero-order chi connectivity index (χ0) is 8.97. The maximum absolute atomic E-state index is 5.61. The van der Waals surface area contributed by atoms with Gasteiger partial charge in [0.15, 0.2) is 0 Å². The monoisotopic (exact) mass is 185 g/mol. The fraction of sp³-hybridized carbons (Fsp3) is 0.556. The molecule has 1 aromatic rings. The maximum atomic E-state index is 5.61. The third kappa shape index (κ3) is 3.32. The highest BCUT2D eigenvalue weighted by Gasteiger charge is 1.99. The number of rotatable bonds is 4. The van der Waals surface area contributed by atoms with Gasteiger partial charge in [-0.2, -0.15) is 11.8 Å². The van der Waals surface area contributed by atoms with E-state index in [1.165, 1.54) is 0 Å². The third-order valence-corrected chi connectivity index (χ3v) is 2.67. The van der Waals surface area contributed by atoms with Crippen LogP contribution < -0.4 is 5.73 Å². The Morgan fingerprint density at radius 2 is 2.33 bits per heavy atom. The van der Waals surface area contributed by atoms with Gasteiger partial charge in [0.25, 0.3) is 0 Å². The minimum absolute atomic E-state index is 0.269. The Kier molecular flexibility index (Phi) is 3.69. The summed E-state index contributed by atoms with van der Waals surface area (Å²) in [5.41, 5.74) is 5.61. The molecule has 0 fully saturated rings. The predicted molar refractivity (Wildman–Crippen MR) is 53.3 cm³/mol. The normalized spacial score (nSPS) is 13.2. The minimum Gasteiger partial charge on any atom is -0.466 e. The lowest BCUT2D eigenvalue weighted by Crippen LogP contribution is -2.17. The van der Waals surface area contributed by atoms with E-state index in [0.29, 0.717) is 0 Å². The Balaban J connectivity index is 2.24. The number of nitrogens with two attached hydrogens (primary N) is 1. The molecule has 0 saturated heterocycles. The molecule has 68 valence electrons. The van der Waals surface area contributed by atoms with Crippen molar-refractivity contribution < 1.29 is 4.42 Å². The molecule has 0 saturated carbocycles. The van der Waals surface area contributed by atoms with Gasteiger partial charge in [0.2, 0.25) is 0 Å². The molecule has 1 rings (SSSR count). The summed E-state index contributed by atoms with van der Waals surface area (Å²) >= 11 is 1.81. The van der Waals surface area contributed by atoms with Gasteiger partial charge in [-0.1, -0.05) is 0 Å². The molecule has 2 nitrogen and oxygen atoms in total. The van der Waals surface area contributed by atoms with E-state index in [4.69, 9.17) is 10.2 Å². The molecule has 1 atom stereocenters. The molecule has 1 heterocycles. The summed E-state index contributed by atoms with van der Waals surface area (Å²) in [5, 5.41) is 0. The first-order valence-corrected chi connectivity index (χ1v) is 5.22. The van der Waals surface area contributed by atoms with Gasteiger partial charge in [-0.15, -0.1) is 0 Å². The molecule has 0 aromatic carbocycles. The number of hydrogen-bond acceptors (Lipinski definition) is 3. The fourth-order valence-corrected chi connectivity index (χ4v) is 1.75. The van der Waals surface area contributed by atoms with Crippen LogP contribution in [0, 0.1) is 6.92 Å². The summed E-state index contributed by atoms with van der Waals surface area (Å²) < 4.78 is 5.40. The summed E-state index contributed by atoms with van der Waals surface area (Å²) in [7, 11) is 0. The first-order valence-electron chi connectivity index (χ1n) is 4.07. The SMILES string of the molecule is Cc1ccc(CSCC(C)N)o1. The molecular weight excluding hydrogens is 170 g/mol. The van der Waals surface area contributed by atoms with Crippen molar-refractivity contribution in [1.82, 2.24) is 0 Å². The first-order chi connectivity index (χ1) is 5.68. The van der Waals surface area contributed by atoms with E-state index in [1.54, 1.807) is 0 Å². The highest BCUT2D eigenvalue weighted by molar-refractivity contribution is 7.98. The minimum atomic E-state index is 0.269. The van der Waals surface area contributed by atoms with Crippen molar-refractivity contribution in [3.63, 3.8) is 0 Å². The molecule has 0 aliphatic carbocycles. The van der Waals surface area contributed by atoms with Crippen molar-refractivity contribution >= 4 is 11.8 Å². The molecule has 1 aromatic heterocycles. The van der Waals surface area contributed by atoms with Gasteiger partial charge in [0, 0.05) is 11.8 Å². The van der Waals surface area contributed by atoms with Crippen molar-refractivity contribution in [2.45, 2.75) is 25.6 Å². The van der Waals surface area contributed by atoms with Gasteiger partial charge < -0.3 is 10.2 Å². The molecule has 2 N–H and O–H groups in total. The maximum Gasteiger partial charge on any atom is 0.114 e. The van der Waals surface area contributed by atoms with Crippen LogP contribution in [-0.4, -0.2) is 11.8 Å². The topological polar surface area (TPSA) is 39.2 Å². The second kappa shape index (κ2) is 4.58. The van der Waals surface area contributed by atoms with E-state index in [-0.39, 0.29) is 6.04 Å². The molecule has 0 radical (unpaired) electrons. The summed E-state index contributed by atoms with van der Waals surface area (Å²) in [4.78, 5) is 0. The summed E-state index contributed by atoms with van der Waals surface area (Å²) in [5.74, 6) is 3.93. The summed E-state index contributed by atoms with van der Waals surface area (Å²) in [6.07, 6.45) is 0. The van der Waals surface area contributed by atoms with Gasteiger partial charge in [-0.25, -0.2) is 0 Å². The summed E-state index contributed by atoms with van der Waals surface area (Å²) in [6, 6.07) is 4.27. The lowest BCUT2D eigenvalue weighted by molar-refractivity contribution is 0.501. The summed E-state index contributed by atoms with van der Waals surface area (Å²) in [6.45, 7) is 3.97. The third-order valence-electron chi connectivity index (χ3n) is 1.42. The molecular formula is C9H15NOS. The average Bonchev–Trinajstić information content (AvgIpc) is 2.35. The molecule has 1 unspecified atom stereocenters. The van der Waals surface area contributed by atoms with Crippen LogP contribution in [-0.2, 0) is 5.75 Å². The zero-order valence-corrected chi connectivity index (χ0v) is 8.36. The van der Waals surface area contributed by atoms with Crippen molar-refractivity contribution in [3.8, 4) is 0 Å². The van der Waals surface area contributed by atoms with E-state index in [2.05, 4.69) is 0 Å². The van der Waals surface area contributed by atoms with Crippen LogP contribution >= 0.6 is 11.8 Å². The lowest BCUT2D eigenvalue weighted by Gasteiger charge is -2.02. The standard InChI is InChI=1S/C9H15NOS/c1-7(10)5-12-6-9-4-3-8(2)11-9/h3-4,7H,5-6,10H2,1-2H3. The van der Waals surface area contributed by atoms with E-state index in [9.17, 15) is 0 Å². The molecule has 3 heteroatoms. The Labute approximate surface area is 77.5 Å². The van der Waals surface area contributed by atoms with Crippen LogP contribution in [0.4, 0.5) is 0 Å². The van der Waals surface area contributed by atoms with Gasteiger partial charge in [-0.3, -0.25) is 0 Å². The van der Waals surface area contributed by atoms with Crippen LogP contribution in [0.25, 0.3) is 0 Å². The van der Waals surface area contributed by atoms with Crippen molar-refractivity contribution in [2.75, 3.05) is 5.75 Å². The van der Waals surface area contributed by atoms with Crippen LogP contribution in [0.2, 0.25) is 0 Å². The average molecular weight is 185 g/mol. The fourth-order valence-electron chi connectivity index (χ4n) is 0.908. The Bertz CT molecular complexity index is 232. The van der Waals surface area contributed by atoms with E-state index >= 15 is 0 Å². The molecule has 0 aliphatic rings. The molecule has 0 aliphatic heterocycles. The van der Waals surface area contributed by atoms with Crippen molar-refractivity contribution in [1.29, 1.82) is 0 Å². The number of furan rings is 1. The van der Waals surface area contributed by atoms with Crippen LogP contribution in [0.3, 0.4) is 0 Å². The molecule has 12 heavy (non-hydrogen) atoms. The lowest BCUT2D eigenvalue weighted by atomic mass is 10.4. The van der Waals surface area contributed by atoms with Gasteiger partial charge in [-0.05, 0) is 26.0 Å². The van der Waals surface area contributed by atoms with E-state index in [1.807, 2.05) is 37.7 Å². The zero-order valence-electron chi connectivity index (χ0n) is 7.54. The Morgan fingerprint density at radius 1 is 1.58 bits per heavy atom. The molecule has 0 spiro atoms. The quantitative estimate of drug-likeness (QED) is 0.781. The molecule has 0 bridgehead atoms. The number of hydrogen-bond donors (Lipinski definition) is 1. The van der Waals surface area contributed by atoms with Gasteiger partial charge in [0.1, 0.15) is 11.5 Å². The predicted octanol–water partition coefficient (Wildman–Crippen LogP) is 2.17. The van der Waals surface area contributed by atoms with E-state index in [0.717, 1.165) is 23.0 Å². The Morgan fingerprint density at radius 3 is 2.83 bits per heavy atom. The van der Waals surface area contributed by atoms with Crippen molar-refractivity contribution in [3.05, 3.63) is 23.7 Å². The first kappa shape index (κ1) is 9.68. The highest BCUT2D eigenvalue weighted by atomic mass is 32.2. The number of aryl methyl sites for hydroxylation is 1. The second-order valence-electron chi connectivity index (χ2n) is 3.00. The van der Waals surface area contributed by atoms with Crippen LogP contribution in [0.5, 0.6) is 0 Å². The number of thioether (sulfide) groups is 1. The van der Waals surface area contributed by atoms with E-state index < -0.39 is 0 Å². The largest absolute Gasteiger partial charge is 0.466 e. The van der Waals surface area contributed by atoms with Crippen LogP contribution in [0.15, 0.2) is 16.5 Å². The smallest absolute Gasteiger partial charge is 0.114 e. The van der Waals surface area contributed by atoms with Gasteiger partial charge >= 0.3 is 0 Å². The second-order valence-corrected chi connectivity index (χ2v) is 4.04. The van der Waals surface area contributed by atoms with Crippen molar-refractivity contribution in [2.24, 2.45) is 5.73 Å². The van der Waals surface area contributed by atoms with Gasteiger partial charge in [0.05, 0.1) is 5.75 Å². The molecule has 0 amide bonds.